The van der Waals surface area contributed by atoms with E-state index in [4.69, 9.17) is 4.74 Å². The van der Waals surface area contributed by atoms with Crippen LogP contribution in [0.2, 0.25) is 0 Å². The van der Waals surface area contributed by atoms with Gasteiger partial charge in [-0.1, -0.05) is 79.9 Å². The quantitative estimate of drug-likeness (QED) is 0.251. The predicted molar refractivity (Wildman–Crippen MR) is 143 cm³/mol. The Labute approximate surface area is 216 Å². The normalized spacial score (nSPS) is 12.3. The van der Waals surface area contributed by atoms with Gasteiger partial charge in [0.2, 0.25) is 5.91 Å². The van der Waals surface area contributed by atoms with Gasteiger partial charge in [0.25, 0.3) is 0 Å². The molecule has 0 aromatic heterocycles. The molecule has 2 aromatic rings. The molecule has 1 atom stereocenters. The highest BCUT2D eigenvalue weighted by atomic mass is 32.2. The molecule has 0 radical (unpaired) electrons. The highest BCUT2D eigenvalue weighted by Gasteiger charge is 2.18. The number of sulfone groups is 1. The molecule has 0 spiro atoms. The second-order valence-electron chi connectivity index (χ2n) is 9.47. The van der Waals surface area contributed by atoms with Gasteiger partial charge < -0.3 is 15.0 Å². The van der Waals surface area contributed by atoms with Crippen molar-refractivity contribution in [3.8, 4) is 0 Å². The molecule has 2 aromatic carbocycles. The summed E-state index contributed by atoms with van der Waals surface area (Å²) in [5.41, 5.74) is 1.74. The zero-order valence-electron chi connectivity index (χ0n) is 21.5. The number of likely N-dealkylation sites (N-methyl/N-ethyl adjacent to an activating group) is 1. The Hall–Kier alpha value is -2.71. The zero-order valence-corrected chi connectivity index (χ0v) is 22.3. The number of esters is 1. The Bertz CT molecular complexity index is 1010. The molecule has 0 aliphatic heterocycles. The Morgan fingerprint density at radius 2 is 1.44 bits per heavy atom. The maximum atomic E-state index is 12.4. The molecule has 1 unspecified atom stereocenters. The van der Waals surface area contributed by atoms with E-state index in [0.717, 1.165) is 36.8 Å². The van der Waals surface area contributed by atoms with E-state index in [1.807, 2.05) is 79.7 Å². The van der Waals surface area contributed by atoms with Crippen molar-refractivity contribution in [1.29, 1.82) is 0 Å². The van der Waals surface area contributed by atoms with Crippen LogP contribution in [0.15, 0.2) is 60.7 Å². The molecular formula is C28H40N2O5S. The Morgan fingerprint density at radius 3 is 2.08 bits per heavy atom. The van der Waals surface area contributed by atoms with Crippen LogP contribution in [0, 0.1) is 0 Å². The largest absolute Gasteiger partial charge is 0.461 e. The van der Waals surface area contributed by atoms with Crippen LogP contribution in [-0.4, -0.2) is 57.6 Å². The summed E-state index contributed by atoms with van der Waals surface area (Å²) in [4.78, 5) is 26.6. The standard InChI is InChI=1S/C28H40N2O5S/c1-30(2)21-26(20-28(32)35-22-24-14-8-6-9-15-24)29-27(31)18-12-4-3-5-13-19-36(33,34)23-25-16-10-7-11-17-25/h6-11,14-17,26H,3-5,12-13,18-23H2,1-2H3,(H,29,31). The minimum atomic E-state index is -3.10. The van der Waals surface area contributed by atoms with Crippen molar-refractivity contribution in [2.75, 3.05) is 26.4 Å². The van der Waals surface area contributed by atoms with Crippen molar-refractivity contribution in [2.24, 2.45) is 0 Å². The fraction of sp³-hybridized carbons (Fsp3) is 0.500. The monoisotopic (exact) mass is 516 g/mol. The minimum Gasteiger partial charge on any atom is -0.461 e. The molecule has 1 N–H and O–H groups in total. The predicted octanol–water partition coefficient (Wildman–Crippen LogP) is 4.12. The summed E-state index contributed by atoms with van der Waals surface area (Å²) in [5.74, 6) is -0.145. The molecule has 36 heavy (non-hydrogen) atoms. The number of rotatable bonds is 17. The summed E-state index contributed by atoms with van der Waals surface area (Å²) >= 11 is 0. The molecule has 0 fully saturated rings. The smallest absolute Gasteiger partial charge is 0.308 e. The van der Waals surface area contributed by atoms with Crippen LogP contribution in [0.5, 0.6) is 0 Å². The molecule has 0 heterocycles. The number of carbonyl (C=O) groups excluding carboxylic acids is 2. The Balaban J connectivity index is 1.61. The van der Waals surface area contributed by atoms with Crippen LogP contribution in [0.25, 0.3) is 0 Å². The summed E-state index contributed by atoms with van der Waals surface area (Å²) < 4.78 is 29.9. The van der Waals surface area contributed by atoms with E-state index in [9.17, 15) is 18.0 Å². The summed E-state index contributed by atoms with van der Waals surface area (Å²) in [5, 5.41) is 2.96. The third kappa shape index (κ3) is 13.4. The number of nitrogens with one attached hydrogen (secondary N) is 1. The van der Waals surface area contributed by atoms with Gasteiger partial charge in [-0.15, -0.1) is 0 Å². The fourth-order valence-electron chi connectivity index (χ4n) is 3.94. The molecule has 0 aliphatic rings. The van der Waals surface area contributed by atoms with Crippen molar-refractivity contribution in [3.63, 3.8) is 0 Å². The molecule has 7 nitrogen and oxygen atoms in total. The van der Waals surface area contributed by atoms with Gasteiger partial charge in [0.15, 0.2) is 9.84 Å². The Kier molecular flexibility index (Phi) is 13.2. The third-order valence-electron chi connectivity index (χ3n) is 5.69. The number of ether oxygens (including phenoxy) is 1. The van der Waals surface area contributed by atoms with E-state index in [2.05, 4.69) is 5.32 Å². The van der Waals surface area contributed by atoms with Gasteiger partial charge in [0, 0.05) is 13.0 Å². The van der Waals surface area contributed by atoms with Crippen LogP contribution >= 0.6 is 0 Å². The molecular weight excluding hydrogens is 476 g/mol. The average Bonchev–Trinajstić information content (AvgIpc) is 2.82. The number of hydrogen-bond acceptors (Lipinski definition) is 6. The maximum absolute atomic E-state index is 12.4. The van der Waals surface area contributed by atoms with Crippen molar-refractivity contribution < 1.29 is 22.7 Å². The van der Waals surface area contributed by atoms with E-state index in [-0.39, 0.29) is 42.5 Å². The van der Waals surface area contributed by atoms with Crippen molar-refractivity contribution in [1.82, 2.24) is 10.2 Å². The summed E-state index contributed by atoms with van der Waals surface area (Å²) in [6, 6.07) is 18.4. The second kappa shape index (κ2) is 16.1. The SMILES string of the molecule is CN(C)CC(CC(=O)OCc1ccccc1)NC(=O)CCCCCCCS(=O)(=O)Cc1ccccc1. The lowest BCUT2D eigenvalue weighted by Gasteiger charge is -2.22. The average molecular weight is 517 g/mol. The topological polar surface area (TPSA) is 92.8 Å². The van der Waals surface area contributed by atoms with E-state index >= 15 is 0 Å². The molecule has 0 bridgehead atoms. The van der Waals surface area contributed by atoms with Gasteiger partial charge in [-0.2, -0.15) is 0 Å². The molecule has 0 saturated carbocycles. The van der Waals surface area contributed by atoms with Gasteiger partial charge in [-0.25, -0.2) is 8.42 Å². The minimum absolute atomic E-state index is 0.0804. The lowest BCUT2D eigenvalue weighted by Crippen LogP contribution is -2.43. The number of benzene rings is 2. The zero-order chi connectivity index (χ0) is 26.2. The molecule has 8 heteroatoms. The highest BCUT2D eigenvalue weighted by molar-refractivity contribution is 7.90. The summed E-state index contributed by atoms with van der Waals surface area (Å²) in [6.45, 7) is 0.763. The first-order valence-electron chi connectivity index (χ1n) is 12.6. The number of hydrogen-bond donors (Lipinski definition) is 1. The van der Waals surface area contributed by atoms with Gasteiger partial charge >= 0.3 is 5.97 Å². The summed E-state index contributed by atoms with van der Waals surface area (Å²) in [6.07, 6.45) is 4.45. The number of carbonyl (C=O) groups is 2. The first-order chi connectivity index (χ1) is 17.2. The van der Waals surface area contributed by atoms with Crippen LogP contribution in [0.3, 0.4) is 0 Å². The molecule has 198 valence electrons. The first kappa shape index (κ1) is 29.5. The highest BCUT2D eigenvalue weighted by Crippen LogP contribution is 2.11. The van der Waals surface area contributed by atoms with Crippen molar-refractivity contribution >= 4 is 21.7 Å². The summed E-state index contributed by atoms with van der Waals surface area (Å²) in [7, 11) is 0.694. The molecule has 0 saturated heterocycles. The van der Waals surface area contributed by atoms with E-state index in [1.54, 1.807) is 0 Å². The molecule has 0 aliphatic carbocycles. The first-order valence-corrected chi connectivity index (χ1v) is 14.4. The van der Waals surface area contributed by atoms with Crippen LogP contribution in [0.4, 0.5) is 0 Å². The lowest BCUT2D eigenvalue weighted by molar-refractivity contribution is -0.145. The number of nitrogens with zero attached hydrogens (tertiary/aromatic N) is 1. The Morgan fingerprint density at radius 1 is 0.861 bits per heavy atom. The van der Waals surface area contributed by atoms with Crippen LogP contribution < -0.4 is 5.32 Å². The van der Waals surface area contributed by atoms with Gasteiger partial charge in [0.1, 0.15) is 6.61 Å². The van der Waals surface area contributed by atoms with Crippen LogP contribution in [0.1, 0.15) is 56.1 Å². The van der Waals surface area contributed by atoms with Gasteiger partial charge in [-0.3, -0.25) is 9.59 Å². The van der Waals surface area contributed by atoms with Crippen molar-refractivity contribution in [2.45, 2.75) is 63.3 Å². The van der Waals surface area contributed by atoms with E-state index in [0.29, 0.717) is 19.4 Å². The number of amides is 1. The van der Waals surface area contributed by atoms with E-state index in [1.165, 1.54) is 0 Å². The molecule has 1 amide bonds. The van der Waals surface area contributed by atoms with Crippen molar-refractivity contribution in [3.05, 3.63) is 71.8 Å². The maximum Gasteiger partial charge on any atom is 0.308 e. The molecule has 2 rings (SSSR count). The van der Waals surface area contributed by atoms with Gasteiger partial charge in [-0.05, 0) is 38.1 Å². The van der Waals surface area contributed by atoms with E-state index < -0.39 is 9.84 Å². The fourth-order valence-corrected chi connectivity index (χ4v) is 5.43. The number of unbranched alkanes of at least 4 members (excludes halogenated alkanes) is 4. The van der Waals surface area contributed by atoms with Crippen LogP contribution in [-0.2, 0) is 36.5 Å². The van der Waals surface area contributed by atoms with Gasteiger partial charge in [0.05, 0.1) is 24.0 Å². The lowest BCUT2D eigenvalue weighted by atomic mass is 10.1. The third-order valence-corrected chi connectivity index (χ3v) is 7.38. The second-order valence-corrected chi connectivity index (χ2v) is 11.7.